The fourth-order valence-corrected chi connectivity index (χ4v) is 4.00. The van der Waals surface area contributed by atoms with Gasteiger partial charge in [0.2, 0.25) is 10.0 Å². The number of hydrogen-bond acceptors (Lipinski definition) is 5. The number of halogens is 2. The highest BCUT2D eigenvalue weighted by atomic mass is 35.5. The molecule has 1 unspecified atom stereocenters. The summed E-state index contributed by atoms with van der Waals surface area (Å²) in [5.41, 5.74) is 4.39. The second-order valence-electron chi connectivity index (χ2n) is 4.66. The van der Waals surface area contributed by atoms with Crippen LogP contribution in [0.4, 0.5) is 5.69 Å². The molecule has 1 aliphatic rings. The third kappa shape index (κ3) is 3.36. The highest BCUT2D eigenvalue weighted by Gasteiger charge is 2.34. The van der Waals surface area contributed by atoms with Gasteiger partial charge in [-0.1, -0.05) is 23.2 Å². The summed E-state index contributed by atoms with van der Waals surface area (Å²) >= 11 is 11.6. The van der Waals surface area contributed by atoms with Crippen LogP contribution in [0.1, 0.15) is 6.42 Å². The summed E-state index contributed by atoms with van der Waals surface area (Å²) in [5, 5.41) is 10.2. The van der Waals surface area contributed by atoms with Crippen LogP contribution in [-0.2, 0) is 14.8 Å². The van der Waals surface area contributed by atoms with Crippen molar-refractivity contribution in [1.82, 2.24) is 4.72 Å². The minimum Gasteiger partial charge on any atom is -0.398 e. The molecule has 1 heterocycles. The maximum absolute atomic E-state index is 12.2. The third-order valence-corrected chi connectivity index (χ3v) is 5.13. The molecule has 0 radical (unpaired) electrons. The SMILES string of the molecule is Nc1cc(Cl)cc(Cl)c1S(=O)(=O)NCC1(O)CCOC1. The van der Waals surface area contributed by atoms with E-state index in [1.807, 2.05) is 0 Å². The molecule has 0 aliphatic carbocycles. The van der Waals surface area contributed by atoms with E-state index in [2.05, 4.69) is 4.72 Å². The van der Waals surface area contributed by atoms with Crippen LogP contribution in [-0.4, -0.2) is 38.9 Å². The summed E-state index contributed by atoms with van der Waals surface area (Å²) in [6, 6.07) is 2.59. The molecule has 0 spiro atoms. The Balaban J connectivity index is 2.23. The maximum atomic E-state index is 12.2. The zero-order valence-corrected chi connectivity index (χ0v) is 12.7. The number of aliphatic hydroxyl groups is 1. The van der Waals surface area contributed by atoms with Crippen molar-refractivity contribution in [2.24, 2.45) is 0 Å². The van der Waals surface area contributed by atoms with E-state index in [-0.39, 0.29) is 33.8 Å². The molecule has 112 valence electrons. The molecule has 1 saturated heterocycles. The van der Waals surface area contributed by atoms with Crippen LogP contribution in [0.2, 0.25) is 10.0 Å². The summed E-state index contributed by atoms with van der Waals surface area (Å²) in [7, 11) is -3.95. The first-order valence-corrected chi connectivity index (χ1v) is 8.02. The van der Waals surface area contributed by atoms with Gasteiger partial charge >= 0.3 is 0 Å². The van der Waals surface area contributed by atoms with Crippen molar-refractivity contribution in [1.29, 1.82) is 0 Å². The molecular weight excluding hydrogens is 327 g/mol. The van der Waals surface area contributed by atoms with Crippen LogP contribution in [0.3, 0.4) is 0 Å². The first kappa shape index (κ1) is 15.8. The quantitative estimate of drug-likeness (QED) is 0.710. The van der Waals surface area contributed by atoms with Gasteiger partial charge in [-0.05, 0) is 12.1 Å². The standard InChI is InChI=1S/C11H14Cl2N2O4S/c12-7-3-8(13)10(9(14)4-7)20(17,18)15-5-11(16)1-2-19-6-11/h3-4,15-16H,1-2,5-6,14H2. The van der Waals surface area contributed by atoms with E-state index >= 15 is 0 Å². The monoisotopic (exact) mass is 340 g/mol. The van der Waals surface area contributed by atoms with Gasteiger partial charge in [0, 0.05) is 24.6 Å². The Morgan fingerprint density at radius 1 is 1.45 bits per heavy atom. The zero-order valence-electron chi connectivity index (χ0n) is 10.4. The summed E-state index contributed by atoms with van der Waals surface area (Å²) in [6.45, 7) is 0.301. The lowest BCUT2D eigenvalue weighted by atomic mass is 10.1. The molecule has 20 heavy (non-hydrogen) atoms. The Labute approximate surface area is 126 Å². The van der Waals surface area contributed by atoms with Gasteiger partial charge in [-0.15, -0.1) is 0 Å². The van der Waals surface area contributed by atoms with Crippen LogP contribution in [0.5, 0.6) is 0 Å². The molecule has 2 rings (SSSR count). The number of hydrogen-bond donors (Lipinski definition) is 3. The van der Waals surface area contributed by atoms with E-state index in [1.165, 1.54) is 12.1 Å². The molecule has 0 bridgehead atoms. The number of benzene rings is 1. The van der Waals surface area contributed by atoms with Gasteiger partial charge in [0.1, 0.15) is 10.5 Å². The van der Waals surface area contributed by atoms with Crippen molar-refractivity contribution < 1.29 is 18.3 Å². The topological polar surface area (TPSA) is 102 Å². The Morgan fingerprint density at radius 2 is 2.15 bits per heavy atom. The Kier molecular flexibility index (Phi) is 4.48. The number of nitrogens with one attached hydrogen (secondary N) is 1. The van der Waals surface area contributed by atoms with E-state index in [0.717, 1.165) is 0 Å². The third-order valence-electron chi connectivity index (χ3n) is 2.98. The van der Waals surface area contributed by atoms with Crippen LogP contribution in [0.25, 0.3) is 0 Å². The lowest BCUT2D eigenvalue weighted by Crippen LogP contribution is -2.43. The summed E-state index contributed by atoms with van der Waals surface area (Å²) in [5.74, 6) is 0. The van der Waals surface area contributed by atoms with Gasteiger partial charge in [0.25, 0.3) is 0 Å². The predicted molar refractivity (Wildman–Crippen MR) is 76.4 cm³/mol. The summed E-state index contributed by atoms with van der Waals surface area (Å²) < 4.78 is 31.8. The molecule has 1 fully saturated rings. The molecule has 9 heteroatoms. The molecule has 1 aromatic carbocycles. The van der Waals surface area contributed by atoms with E-state index < -0.39 is 15.6 Å². The number of sulfonamides is 1. The number of nitrogen functional groups attached to an aromatic ring is 1. The number of ether oxygens (including phenoxy) is 1. The van der Waals surface area contributed by atoms with E-state index in [9.17, 15) is 13.5 Å². The van der Waals surface area contributed by atoms with Crippen molar-refractivity contribution in [3.05, 3.63) is 22.2 Å². The van der Waals surface area contributed by atoms with E-state index in [0.29, 0.717) is 13.0 Å². The van der Waals surface area contributed by atoms with E-state index in [1.54, 1.807) is 0 Å². The van der Waals surface area contributed by atoms with Gasteiger partial charge in [-0.25, -0.2) is 13.1 Å². The van der Waals surface area contributed by atoms with Crippen molar-refractivity contribution in [2.75, 3.05) is 25.5 Å². The van der Waals surface area contributed by atoms with Gasteiger partial charge in [-0.2, -0.15) is 0 Å². The highest BCUT2D eigenvalue weighted by Crippen LogP contribution is 2.31. The predicted octanol–water partition coefficient (Wildman–Crippen LogP) is 1.01. The molecule has 1 aromatic rings. The lowest BCUT2D eigenvalue weighted by molar-refractivity contribution is 0.0314. The molecule has 1 aliphatic heterocycles. The van der Waals surface area contributed by atoms with Crippen LogP contribution in [0.15, 0.2) is 17.0 Å². The number of nitrogens with two attached hydrogens (primary N) is 1. The molecule has 6 nitrogen and oxygen atoms in total. The smallest absolute Gasteiger partial charge is 0.244 e. The number of rotatable bonds is 4. The maximum Gasteiger partial charge on any atom is 0.244 e. The average Bonchev–Trinajstić information content (AvgIpc) is 2.73. The van der Waals surface area contributed by atoms with E-state index in [4.69, 9.17) is 33.7 Å². The minimum atomic E-state index is -3.95. The molecule has 0 amide bonds. The van der Waals surface area contributed by atoms with Crippen LogP contribution >= 0.6 is 23.2 Å². The minimum absolute atomic E-state index is 0.0512. The molecular formula is C11H14Cl2N2O4S. The molecule has 0 aromatic heterocycles. The first-order chi connectivity index (χ1) is 9.23. The fraction of sp³-hybridized carbons (Fsp3) is 0.455. The zero-order chi connectivity index (χ0) is 15.0. The molecule has 4 N–H and O–H groups in total. The van der Waals surface area contributed by atoms with Gasteiger partial charge in [-0.3, -0.25) is 0 Å². The fourth-order valence-electron chi connectivity index (χ4n) is 1.90. The van der Waals surface area contributed by atoms with Gasteiger partial charge in [0.15, 0.2) is 0 Å². The Hall–Kier alpha value is -0.570. The van der Waals surface area contributed by atoms with Crippen LogP contribution in [0, 0.1) is 0 Å². The summed E-state index contributed by atoms with van der Waals surface area (Å²) in [4.78, 5) is -0.244. The first-order valence-electron chi connectivity index (χ1n) is 5.78. The molecule has 0 saturated carbocycles. The average molecular weight is 341 g/mol. The normalized spacial score (nSPS) is 23.1. The lowest BCUT2D eigenvalue weighted by Gasteiger charge is -2.21. The van der Waals surface area contributed by atoms with Crippen molar-refractivity contribution in [2.45, 2.75) is 16.9 Å². The second-order valence-corrected chi connectivity index (χ2v) is 7.20. The van der Waals surface area contributed by atoms with Crippen molar-refractivity contribution in [3.8, 4) is 0 Å². The second kappa shape index (κ2) is 5.67. The van der Waals surface area contributed by atoms with Gasteiger partial charge < -0.3 is 15.6 Å². The number of anilines is 1. The van der Waals surface area contributed by atoms with Crippen molar-refractivity contribution in [3.63, 3.8) is 0 Å². The highest BCUT2D eigenvalue weighted by molar-refractivity contribution is 7.89. The van der Waals surface area contributed by atoms with Gasteiger partial charge in [0.05, 0.1) is 17.3 Å². The Morgan fingerprint density at radius 3 is 2.70 bits per heavy atom. The van der Waals surface area contributed by atoms with Crippen LogP contribution < -0.4 is 10.5 Å². The summed E-state index contributed by atoms with van der Waals surface area (Å²) in [6.07, 6.45) is 0.360. The Bertz CT molecular complexity index is 592. The molecule has 1 atom stereocenters. The largest absolute Gasteiger partial charge is 0.398 e. The van der Waals surface area contributed by atoms with Crippen molar-refractivity contribution >= 4 is 38.9 Å².